The second-order valence-corrected chi connectivity index (χ2v) is 2.51. The molecule has 0 radical (unpaired) electrons. The quantitative estimate of drug-likeness (QED) is 0.481. The molecule has 0 fully saturated rings. The summed E-state index contributed by atoms with van der Waals surface area (Å²) in [5.41, 5.74) is 0.583. The zero-order valence-electron chi connectivity index (χ0n) is 6.35. The minimum atomic E-state index is -0.368. The number of nitrogens with zero attached hydrogens (tertiary/aromatic N) is 1. The lowest BCUT2D eigenvalue weighted by Gasteiger charge is -1.88. The second kappa shape index (κ2) is 4.74. The first-order chi connectivity index (χ1) is 5.83. The topological polar surface area (TPSA) is 12.9 Å². The summed E-state index contributed by atoms with van der Waals surface area (Å²) in [4.78, 5) is 3.65. The highest BCUT2D eigenvalue weighted by molar-refractivity contribution is 6.18. The minimum Gasteiger partial charge on any atom is -0.260 e. The van der Waals surface area contributed by atoms with Crippen molar-refractivity contribution in [3.63, 3.8) is 0 Å². The van der Waals surface area contributed by atoms with Crippen LogP contribution in [0.4, 0.5) is 4.39 Å². The van der Waals surface area contributed by atoms with Crippen molar-refractivity contribution in [2.75, 3.05) is 5.88 Å². The van der Waals surface area contributed by atoms with Crippen LogP contribution in [0.1, 0.15) is 12.0 Å². The van der Waals surface area contributed by atoms with Gasteiger partial charge in [0.2, 0.25) is 0 Å². The van der Waals surface area contributed by atoms with Crippen LogP contribution in [0.5, 0.6) is 0 Å². The van der Waals surface area contributed by atoms with Crippen molar-refractivity contribution < 1.29 is 4.39 Å². The summed E-state index contributed by atoms with van der Waals surface area (Å²) in [7, 11) is 0. The third-order valence-electron chi connectivity index (χ3n) is 1.16. The molecule has 0 unspecified atom stereocenters. The first-order valence-corrected chi connectivity index (χ1v) is 4.02. The number of pyridine rings is 1. The fourth-order valence-corrected chi connectivity index (χ4v) is 0.787. The Morgan fingerprint density at radius 2 is 2.33 bits per heavy atom. The van der Waals surface area contributed by atoms with Gasteiger partial charge >= 0.3 is 0 Å². The molecule has 1 nitrogen and oxygen atoms in total. The highest BCUT2D eigenvalue weighted by atomic mass is 35.5. The van der Waals surface area contributed by atoms with Crippen LogP contribution in [0.15, 0.2) is 18.5 Å². The van der Waals surface area contributed by atoms with Gasteiger partial charge in [-0.2, -0.15) is 0 Å². The molecule has 0 aromatic carbocycles. The lowest BCUT2D eigenvalue weighted by atomic mass is 10.3. The van der Waals surface area contributed by atoms with E-state index in [1.165, 1.54) is 12.3 Å². The second-order valence-electron chi connectivity index (χ2n) is 2.13. The zero-order chi connectivity index (χ0) is 8.81. The van der Waals surface area contributed by atoms with Crippen LogP contribution >= 0.6 is 11.6 Å². The molecule has 0 aliphatic heterocycles. The Labute approximate surface area is 75.6 Å². The molecule has 0 spiro atoms. The Bertz CT molecular complexity index is 314. The Hall–Kier alpha value is -1.07. The predicted octanol–water partition coefficient (Wildman–Crippen LogP) is 2.20. The molecule has 1 aromatic rings. The van der Waals surface area contributed by atoms with Gasteiger partial charge in [-0.15, -0.1) is 11.6 Å². The number of rotatable bonds is 1. The molecule has 1 aromatic heterocycles. The van der Waals surface area contributed by atoms with Gasteiger partial charge in [0.15, 0.2) is 0 Å². The molecule has 3 heteroatoms. The zero-order valence-corrected chi connectivity index (χ0v) is 7.11. The SMILES string of the molecule is Fc1cncc(C#CCCCl)c1. The molecule has 1 heterocycles. The fraction of sp³-hybridized carbons (Fsp3) is 0.222. The maximum absolute atomic E-state index is 12.5. The van der Waals surface area contributed by atoms with Crippen LogP contribution < -0.4 is 0 Å². The van der Waals surface area contributed by atoms with Crippen molar-refractivity contribution >= 4 is 11.6 Å². The van der Waals surface area contributed by atoms with Crippen molar-refractivity contribution in [2.24, 2.45) is 0 Å². The summed E-state index contributed by atoms with van der Waals surface area (Å²) in [6.45, 7) is 0. The fourth-order valence-electron chi connectivity index (χ4n) is 0.692. The van der Waals surface area contributed by atoms with E-state index in [1.54, 1.807) is 0 Å². The average molecular weight is 184 g/mol. The standard InChI is InChI=1S/C9H7ClFN/c10-4-2-1-3-8-5-9(11)7-12-6-8/h5-7H,2,4H2. The van der Waals surface area contributed by atoms with Gasteiger partial charge in [0.05, 0.1) is 6.20 Å². The van der Waals surface area contributed by atoms with E-state index in [1.807, 2.05) is 0 Å². The number of halogens is 2. The summed E-state index contributed by atoms with van der Waals surface area (Å²) in [6, 6.07) is 1.34. The largest absolute Gasteiger partial charge is 0.260 e. The molecule has 0 aliphatic rings. The normalized spacial score (nSPS) is 8.83. The first kappa shape index (κ1) is 9.02. The summed E-state index contributed by atoms with van der Waals surface area (Å²) in [6.07, 6.45) is 3.27. The molecule has 0 saturated heterocycles. The van der Waals surface area contributed by atoms with Gasteiger partial charge in [-0.3, -0.25) is 4.98 Å². The molecule has 12 heavy (non-hydrogen) atoms. The highest BCUT2D eigenvalue weighted by Crippen LogP contribution is 1.98. The van der Waals surface area contributed by atoms with E-state index in [4.69, 9.17) is 11.6 Å². The molecule has 0 atom stereocenters. The predicted molar refractivity (Wildman–Crippen MR) is 46.4 cm³/mol. The first-order valence-electron chi connectivity index (χ1n) is 3.48. The highest BCUT2D eigenvalue weighted by Gasteiger charge is 1.89. The third-order valence-corrected chi connectivity index (χ3v) is 1.35. The van der Waals surface area contributed by atoms with Gasteiger partial charge in [-0.05, 0) is 6.07 Å². The number of hydrogen-bond donors (Lipinski definition) is 0. The van der Waals surface area contributed by atoms with Crippen molar-refractivity contribution in [1.29, 1.82) is 0 Å². The molecular weight excluding hydrogens is 177 g/mol. The Morgan fingerprint density at radius 1 is 1.50 bits per heavy atom. The average Bonchev–Trinajstić information content (AvgIpc) is 2.05. The molecule has 0 aliphatic carbocycles. The van der Waals surface area contributed by atoms with Gasteiger partial charge in [-0.1, -0.05) is 11.8 Å². The Morgan fingerprint density at radius 3 is 3.00 bits per heavy atom. The van der Waals surface area contributed by atoms with Crippen molar-refractivity contribution in [3.05, 3.63) is 29.8 Å². The molecular formula is C9H7ClFN. The van der Waals surface area contributed by atoms with Crippen molar-refractivity contribution in [2.45, 2.75) is 6.42 Å². The van der Waals surface area contributed by atoms with Crippen LogP contribution in [-0.4, -0.2) is 10.9 Å². The molecule has 1 rings (SSSR count). The summed E-state index contributed by atoms with van der Waals surface area (Å²) >= 11 is 5.41. The van der Waals surface area contributed by atoms with E-state index in [9.17, 15) is 4.39 Å². The van der Waals surface area contributed by atoms with E-state index in [0.717, 1.165) is 6.20 Å². The van der Waals surface area contributed by atoms with E-state index in [-0.39, 0.29) is 5.82 Å². The third kappa shape index (κ3) is 2.89. The van der Waals surface area contributed by atoms with Crippen molar-refractivity contribution in [1.82, 2.24) is 4.98 Å². The molecule has 0 bridgehead atoms. The van der Waals surface area contributed by atoms with Crippen LogP contribution in [0.25, 0.3) is 0 Å². The molecule has 62 valence electrons. The summed E-state index contributed by atoms with van der Waals surface area (Å²) in [5.74, 6) is 5.67. The Balaban J connectivity index is 2.71. The van der Waals surface area contributed by atoms with E-state index in [0.29, 0.717) is 17.9 Å². The van der Waals surface area contributed by atoms with Crippen LogP contribution in [0.2, 0.25) is 0 Å². The Kier molecular flexibility index (Phi) is 3.56. The number of hydrogen-bond acceptors (Lipinski definition) is 1. The van der Waals surface area contributed by atoms with E-state index >= 15 is 0 Å². The van der Waals surface area contributed by atoms with Crippen LogP contribution in [-0.2, 0) is 0 Å². The molecule has 0 saturated carbocycles. The smallest absolute Gasteiger partial charge is 0.142 e. The maximum Gasteiger partial charge on any atom is 0.142 e. The molecule has 0 N–H and O–H groups in total. The number of aromatic nitrogens is 1. The van der Waals surface area contributed by atoms with Gasteiger partial charge in [0, 0.05) is 24.1 Å². The summed E-state index contributed by atoms with van der Waals surface area (Å²) < 4.78 is 12.5. The lowest BCUT2D eigenvalue weighted by Crippen LogP contribution is -1.81. The van der Waals surface area contributed by atoms with Gasteiger partial charge in [0.25, 0.3) is 0 Å². The minimum absolute atomic E-state index is 0.368. The monoisotopic (exact) mass is 183 g/mol. The lowest BCUT2D eigenvalue weighted by molar-refractivity contribution is 0.621. The van der Waals surface area contributed by atoms with Crippen molar-refractivity contribution in [3.8, 4) is 11.8 Å². The van der Waals surface area contributed by atoms with E-state index in [2.05, 4.69) is 16.8 Å². The summed E-state index contributed by atoms with van der Waals surface area (Å²) in [5, 5.41) is 0. The van der Waals surface area contributed by atoms with Crippen LogP contribution in [0.3, 0.4) is 0 Å². The van der Waals surface area contributed by atoms with Crippen LogP contribution in [0, 0.1) is 17.7 Å². The van der Waals surface area contributed by atoms with E-state index < -0.39 is 0 Å². The number of alkyl halides is 1. The van der Waals surface area contributed by atoms with Gasteiger partial charge in [-0.25, -0.2) is 4.39 Å². The van der Waals surface area contributed by atoms with Gasteiger partial charge < -0.3 is 0 Å². The molecule has 0 amide bonds. The van der Waals surface area contributed by atoms with Gasteiger partial charge in [0.1, 0.15) is 5.82 Å². The maximum atomic E-state index is 12.5.